The molecule has 1 unspecified atom stereocenters. The summed E-state index contributed by atoms with van der Waals surface area (Å²) in [6, 6.07) is 4.47. The number of amides is 2. The van der Waals surface area contributed by atoms with Gasteiger partial charge in [0.15, 0.2) is 5.78 Å². The predicted molar refractivity (Wildman–Crippen MR) is 150 cm³/mol. The number of carboxylic acid groups (broad SMARTS) is 1. The van der Waals surface area contributed by atoms with Crippen molar-refractivity contribution in [3.63, 3.8) is 0 Å². The average Bonchev–Trinajstić information content (AvgIpc) is 2.95. The van der Waals surface area contributed by atoms with Crippen molar-refractivity contribution in [1.29, 1.82) is 5.41 Å². The molecule has 2 amide bonds. The number of nitrogens with zero attached hydrogens (tertiary/aromatic N) is 2. The second-order valence-electron chi connectivity index (χ2n) is 10.2. The number of pyridine rings is 1. The molecule has 1 aliphatic carbocycles. The highest BCUT2D eigenvalue weighted by Crippen LogP contribution is 2.42. The van der Waals surface area contributed by atoms with Crippen LogP contribution in [0.25, 0.3) is 0 Å². The Kier molecular flexibility index (Phi) is 11.3. The van der Waals surface area contributed by atoms with E-state index in [1.165, 1.54) is 38.6 Å². The number of halogens is 5. The molecule has 1 atom stereocenters. The van der Waals surface area contributed by atoms with E-state index in [1.54, 1.807) is 0 Å². The summed E-state index contributed by atoms with van der Waals surface area (Å²) in [5.74, 6) is -4.32. The number of methoxy groups -OCH3 is 1. The number of ketones is 1. The zero-order valence-corrected chi connectivity index (χ0v) is 24.1. The van der Waals surface area contributed by atoms with E-state index in [-0.39, 0.29) is 35.7 Å². The third-order valence-electron chi connectivity index (χ3n) is 7.50. The lowest BCUT2D eigenvalue weighted by Crippen LogP contribution is -2.40. The summed E-state index contributed by atoms with van der Waals surface area (Å²) in [5.41, 5.74) is -1.95. The molecule has 3 rings (SSSR count). The molecule has 14 heteroatoms. The van der Waals surface area contributed by atoms with Crippen molar-refractivity contribution in [2.45, 2.75) is 51.4 Å². The van der Waals surface area contributed by atoms with Crippen LogP contribution in [0.1, 0.15) is 48.5 Å². The van der Waals surface area contributed by atoms with E-state index in [9.17, 15) is 31.9 Å². The topological polar surface area (TPSA) is 133 Å². The number of aromatic nitrogens is 1. The monoisotopic (exact) mass is 626 g/mol. The van der Waals surface area contributed by atoms with Gasteiger partial charge in [0, 0.05) is 25.0 Å². The average molecular weight is 627 g/mol. The van der Waals surface area contributed by atoms with Crippen LogP contribution in [0.15, 0.2) is 47.8 Å². The number of ether oxygens (including phenoxy) is 1. The van der Waals surface area contributed by atoms with Gasteiger partial charge in [-0.3, -0.25) is 14.6 Å². The number of allylic oxidation sites excluding steroid dienone is 1. The summed E-state index contributed by atoms with van der Waals surface area (Å²) in [6.07, 6.45) is -2.31. The maximum absolute atomic E-state index is 14.6. The summed E-state index contributed by atoms with van der Waals surface area (Å²) in [4.78, 5) is 42.9. The fourth-order valence-corrected chi connectivity index (χ4v) is 5.61. The van der Waals surface area contributed by atoms with E-state index >= 15 is 0 Å². The van der Waals surface area contributed by atoms with Crippen LogP contribution in [0.3, 0.4) is 0 Å². The van der Waals surface area contributed by atoms with Crippen LogP contribution < -0.4 is 10.1 Å². The Morgan fingerprint density at radius 2 is 1.81 bits per heavy atom. The number of benzene rings is 1. The number of carbonyl (C=O) groups is 3. The first kappa shape index (κ1) is 33.5. The first-order valence-corrected chi connectivity index (χ1v) is 13.7. The van der Waals surface area contributed by atoms with Gasteiger partial charge < -0.3 is 25.5 Å². The Balaban J connectivity index is 2.02. The number of Topliss-reactive ketones (excluding diaryl/α,β-unsaturated/α-hetero) is 1. The molecule has 1 aliphatic rings. The minimum Gasteiger partial charge on any atom is -0.494 e. The lowest BCUT2D eigenvalue weighted by atomic mass is 9.74. The molecule has 0 bridgehead atoms. The molecule has 232 valence electrons. The van der Waals surface area contributed by atoms with Crippen molar-refractivity contribution in [3.8, 4) is 5.75 Å². The highest BCUT2D eigenvalue weighted by atomic mass is 35.5. The summed E-state index contributed by atoms with van der Waals surface area (Å²) in [5, 5.41) is 19.1. The van der Waals surface area contributed by atoms with Crippen LogP contribution in [0, 0.1) is 23.1 Å². The van der Waals surface area contributed by atoms with Gasteiger partial charge in [-0.2, -0.15) is 13.2 Å². The highest BCUT2D eigenvalue weighted by molar-refractivity contribution is 6.34. The maximum atomic E-state index is 14.6. The van der Waals surface area contributed by atoms with Crippen LogP contribution in [-0.2, 0) is 11.3 Å². The molecule has 0 radical (unpaired) electrons. The minimum atomic E-state index is -5.00. The Morgan fingerprint density at radius 1 is 1.19 bits per heavy atom. The summed E-state index contributed by atoms with van der Waals surface area (Å²) in [6.45, 7) is 0.212. The lowest BCUT2D eigenvalue weighted by Gasteiger charge is -2.35. The third kappa shape index (κ3) is 8.53. The fraction of sp³-hybridized carbons (Fsp3) is 0.414. The van der Waals surface area contributed by atoms with Crippen molar-refractivity contribution < 1.29 is 41.8 Å². The fourth-order valence-electron chi connectivity index (χ4n) is 5.36. The van der Waals surface area contributed by atoms with Gasteiger partial charge in [0.25, 0.3) is 5.91 Å². The zero-order chi connectivity index (χ0) is 31.9. The number of rotatable bonds is 11. The van der Waals surface area contributed by atoms with Crippen LogP contribution >= 0.6 is 11.6 Å². The predicted octanol–water partition coefficient (Wildman–Crippen LogP) is 6.07. The smallest absolute Gasteiger partial charge is 0.413 e. The molecular formula is C29H31ClF4N4O5. The minimum absolute atomic E-state index is 0.00732. The van der Waals surface area contributed by atoms with Gasteiger partial charge in [0.1, 0.15) is 11.6 Å². The van der Waals surface area contributed by atoms with Crippen molar-refractivity contribution in [1.82, 2.24) is 15.2 Å². The zero-order valence-electron chi connectivity index (χ0n) is 23.4. The molecule has 0 spiro atoms. The normalized spacial score (nSPS) is 18.2. The number of hydrogen-bond acceptors (Lipinski definition) is 6. The molecule has 9 nitrogen and oxygen atoms in total. The highest BCUT2D eigenvalue weighted by Gasteiger charge is 2.44. The Morgan fingerprint density at radius 3 is 2.35 bits per heavy atom. The van der Waals surface area contributed by atoms with Crippen molar-refractivity contribution in [2.24, 2.45) is 11.8 Å². The lowest BCUT2D eigenvalue weighted by molar-refractivity contribution is -0.128. The quantitative estimate of drug-likeness (QED) is 0.120. The van der Waals surface area contributed by atoms with Gasteiger partial charge >= 0.3 is 12.3 Å². The van der Waals surface area contributed by atoms with Gasteiger partial charge in [0.2, 0.25) is 0 Å². The van der Waals surface area contributed by atoms with Crippen LogP contribution in [0.2, 0.25) is 5.02 Å². The van der Waals surface area contributed by atoms with Crippen LogP contribution in [0.5, 0.6) is 5.75 Å². The van der Waals surface area contributed by atoms with Crippen molar-refractivity contribution in [3.05, 3.63) is 69.8 Å². The van der Waals surface area contributed by atoms with E-state index in [0.29, 0.717) is 24.6 Å². The second-order valence-corrected chi connectivity index (χ2v) is 10.6. The standard InChI is InChI=1S/C29H31ClF4N4O5/c1-16(18-5-9-20(10-6-18)37-28(41)42)26(29(32,33)34)21(11-35)27(40)38(14-17-3-7-19(31)8-4-17)15-23(39)25-22(30)12-36-13-24(25)43-2/h3-4,7-8,11-13,16,18,20,35,37H,5-6,9-10,14-15H2,1-2H3,(H,41,42). The largest absolute Gasteiger partial charge is 0.494 e. The molecule has 1 fully saturated rings. The van der Waals surface area contributed by atoms with E-state index in [2.05, 4.69) is 10.3 Å². The molecule has 1 heterocycles. The summed E-state index contributed by atoms with van der Waals surface area (Å²) >= 11 is 6.17. The van der Waals surface area contributed by atoms with Crippen LogP contribution in [-0.4, -0.2) is 64.9 Å². The Labute approximate surface area is 250 Å². The van der Waals surface area contributed by atoms with E-state index < -0.39 is 65.3 Å². The number of hydrogen-bond donors (Lipinski definition) is 3. The first-order valence-electron chi connectivity index (χ1n) is 13.3. The van der Waals surface area contributed by atoms with Crippen molar-refractivity contribution >= 4 is 35.6 Å². The first-order chi connectivity index (χ1) is 20.3. The Hall–Kier alpha value is -4.00. The molecule has 1 aromatic heterocycles. The third-order valence-corrected chi connectivity index (χ3v) is 7.79. The molecule has 3 N–H and O–H groups in total. The van der Waals surface area contributed by atoms with Gasteiger partial charge in [0.05, 0.1) is 41.6 Å². The van der Waals surface area contributed by atoms with Gasteiger partial charge in [-0.1, -0.05) is 30.7 Å². The molecular weight excluding hydrogens is 596 g/mol. The van der Waals surface area contributed by atoms with E-state index in [1.807, 2.05) is 0 Å². The number of carbonyl (C=O) groups excluding carboxylic acids is 2. The number of nitrogens with one attached hydrogen (secondary N) is 2. The SMILES string of the molecule is COc1cncc(Cl)c1C(=O)CN(Cc1ccc(F)cc1)C(=O)C(C=N)=C(C(C)C1CCC(NC(=O)O)CC1)C(F)(F)F. The van der Waals surface area contributed by atoms with E-state index in [4.69, 9.17) is 26.9 Å². The molecule has 0 saturated heterocycles. The summed E-state index contributed by atoms with van der Waals surface area (Å²) < 4.78 is 62.5. The molecule has 2 aromatic rings. The molecule has 1 aromatic carbocycles. The molecule has 1 saturated carbocycles. The van der Waals surface area contributed by atoms with Crippen molar-refractivity contribution in [2.75, 3.05) is 13.7 Å². The molecule has 0 aliphatic heterocycles. The number of alkyl halides is 3. The molecule has 43 heavy (non-hydrogen) atoms. The van der Waals surface area contributed by atoms with Gasteiger partial charge in [-0.05, 0) is 55.2 Å². The van der Waals surface area contributed by atoms with Gasteiger partial charge in [-0.15, -0.1) is 0 Å². The van der Waals surface area contributed by atoms with E-state index in [0.717, 1.165) is 17.0 Å². The van der Waals surface area contributed by atoms with Gasteiger partial charge in [-0.25, -0.2) is 9.18 Å². The maximum Gasteiger partial charge on any atom is 0.413 e. The Bertz CT molecular complexity index is 1380. The second kappa shape index (κ2) is 14.5. The van der Waals surface area contributed by atoms with Crippen LogP contribution in [0.4, 0.5) is 22.4 Å². The summed E-state index contributed by atoms with van der Waals surface area (Å²) in [7, 11) is 1.27.